The average molecular weight is 264 g/mol. The first-order valence-corrected chi connectivity index (χ1v) is 6.10. The van der Waals surface area contributed by atoms with E-state index in [2.05, 4.69) is 10.6 Å². The van der Waals surface area contributed by atoms with Gasteiger partial charge in [0.15, 0.2) is 0 Å². The van der Waals surface area contributed by atoms with Crippen molar-refractivity contribution in [2.45, 2.75) is 13.3 Å². The van der Waals surface area contributed by atoms with Crippen LogP contribution in [0.2, 0.25) is 0 Å². The van der Waals surface area contributed by atoms with Crippen LogP contribution in [-0.4, -0.2) is 24.9 Å². The van der Waals surface area contributed by atoms with Gasteiger partial charge in [0.2, 0.25) is 11.8 Å². The lowest BCUT2D eigenvalue weighted by molar-refractivity contribution is -0.123. The van der Waals surface area contributed by atoms with Crippen LogP contribution in [0.25, 0.3) is 6.08 Å². The van der Waals surface area contributed by atoms with Crippen LogP contribution in [0.3, 0.4) is 0 Å². The average Bonchev–Trinajstić information content (AvgIpc) is 2.42. The van der Waals surface area contributed by atoms with Crippen LogP contribution in [0.15, 0.2) is 30.3 Å². The summed E-state index contributed by atoms with van der Waals surface area (Å²) in [4.78, 5) is 22.6. The minimum atomic E-state index is -0.435. The van der Waals surface area contributed by atoms with E-state index in [-0.39, 0.29) is 12.5 Å². The molecule has 5 heteroatoms. The molecule has 0 unspecified atom stereocenters. The number of hydrogen-bond acceptors (Lipinski definition) is 2. The quantitative estimate of drug-likeness (QED) is 0.765. The third kappa shape index (κ3) is 5.81. The van der Waals surface area contributed by atoms with Crippen molar-refractivity contribution >= 4 is 17.9 Å². The third-order valence-electron chi connectivity index (χ3n) is 2.31. The van der Waals surface area contributed by atoms with Gasteiger partial charge in [0.1, 0.15) is 5.82 Å². The fourth-order valence-corrected chi connectivity index (χ4v) is 1.33. The normalized spacial score (nSPS) is 10.4. The molecule has 0 heterocycles. The van der Waals surface area contributed by atoms with Crippen LogP contribution >= 0.6 is 0 Å². The Kier molecular flexibility index (Phi) is 6.29. The lowest BCUT2D eigenvalue weighted by Crippen LogP contribution is -2.36. The van der Waals surface area contributed by atoms with Crippen LogP contribution < -0.4 is 10.6 Å². The molecule has 0 aliphatic heterocycles. The fraction of sp³-hybridized carbons (Fsp3) is 0.286. The smallest absolute Gasteiger partial charge is 0.244 e. The Morgan fingerprint density at radius 3 is 2.68 bits per heavy atom. The number of amides is 2. The van der Waals surface area contributed by atoms with E-state index in [9.17, 15) is 14.0 Å². The Morgan fingerprint density at radius 2 is 2.00 bits per heavy atom. The molecular weight excluding hydrogens is 247 g/mol. The first kappa shape index (κ1) is 14.9. The fourth-order valence-electron chi connectivity index (χ4n) is 1.33. The Hall–Kier alpha value is -2.17. The zero-order valence-electron chi connectivity index (χ0n) is 10.8. The number of nitrogens with one attached hydrogen (secondary N) is 2. The molecule has 0 bridgehead atoms. The van der Waals surface area contributed by atoms with Crippen molar-refractivity contribution in [3.63, 3.8) is 0 Å². The summed E-state index contributed by atoms with van der Waals surface area (Å²) >= 11 is 0. The molecule has 0 atom stereocenters. The summed E-state index contributed by atoms with van der Waals surface area (Å²) < 4.78 is 13.2. The van der Waals surface area contributed by atoms with Gasteiger partial charge in [0.25, 0.3) is 0 Å². The molecule has 19 heavy (non-hydrogen) atoms. The molecule has 2 amide bonds. The molecule has 0 saturated carbocycles. The first-order chi connectivity index (χ1) is 9.13. The molecule has 1 rings (SSSR count). The molecule has 1 aromatic rings. The van der Waals surface area contributed by atoms with Gasteiger partial charge in [-0.05, 0) is 18.6 Å². The van der Waals surface area contributed by atoms with Crippen molar-refractivity contribution in [1.29, 1.82) is 0 Å². The number of hydrogen-bond donors (Lipinski definition) is 2. The highest BCUT2D eigenvalue weighted by Crippen LogP contribution is 2.07. The zero-order valence-corrected chi connectivity index (χ0v) is 10.8. The van der Waals surface area contributed by atoms with Gasteiger partial charge in [-0.25, -0.2) is 4.39 Å². The molecule has 0 spiro atoms. The summed E-state index contributed by atoms with van der Waals surface area (Å²) in [5.41, 5.74) is 0.327. The van der Waals surface area contributed by atoms with Crippen molar-refractivity contribution in [3.8, 4) is 0 Å². The Bertz CT molecular complexity index is 472. The van der Waals surface area contributed by atoms with Crippen LogP contribution in [-0.2, 0) is 9.59 Å². The predicted molar refractivity (Wildman–Crippen MR) is 71.7 cm³/mol. The van der Waals surface area contributed by atoms with Crippen LogP contribution in [0.5, 0.6) is 0 Å². The molecule has 102 valence electrons. The van der Waals surface area contributed by atoms with Crippen molar-refractivity contribution < 1.29 is 14.0 Å². The molecule has 2 N–H and O–H groups in total. The first-order valence-electron chi connectivity index (χ1n) is 6.10. The number of benzene rings is 1. The van der Waals surface area contributed by atoms with E-state index in [1.165, 1.54) is 18.2 Å². The summed E-state index contributed by atoms with van der Waals surface area (Å²) in [6.45, 7) is 2.44. The summed E-state index contributed by atoms with van der Waals surface area (Å²) in [5, 5.41) is 5.05. The van der Waals surface area contributed by atoms with E-state index in [1.807, 2.05) is 6.92 Å². The zero-order chi connectivity index (χ0) is 14.1. The molecule has 0 aromatic heterocycles. The van der Waals surface area contributed by atoms with Crippen LogP contribution in [0.1, 0.15) is 18.9 Å². The highest BCUT2D eigenvalue weighted by Gasteiger charge is 2.02. The molecule has 4 nitrogen and oxygen atoms in total. The maximum atomic E-state index is 13.2. The molecular formula is C14H17FN2O2. The SMILES string of the molecule is CCCNC(=O)CNC(=O)/C=C/c1ccccc1F. The largest absolute Gasteiger partial charge is 0.355 e. The van der Waals surface area contributed by atoms with Crippen LogP contribution in [0, 0.1) is 5.82 Å². The van der Waals surface area contributed by atoms with Crippen molar-refractivity contribution in [1.82, 2.24) is 10.6 Å². The Balaban J connectivity index is 2.39. The van der Waals surface area contributed by atoms with E-state index in [1.54, 1.807) is 18.2 Å². The van der Waals surface area contributed by atoms with Gasteiger partial charge >= 0.3 is 0 Å². The maximum absolute atomic E-state index is 13.2. The van der Waals surface area contributed by atoms with Crippen LogP contribution in [0.4, 0.5) is 4.39 Å². The van der Waals surface area contributed by atoms with Gasteiger partial charge in [-0.3, -0.25) is 9.59 Å². The summed E-state index contributed by atoms with van der Waals surface area (Å²) in [7, 11) is 0. The minimum absolute atomic E-state index is 0.0829. The Labute approximate surface area is 111 Å². The number of carbonyl (C=O) groups is 2. The third-order valence-corrected chi connectivity index (χ3v) is 2.31. The number of rotatable bonds is 6. The maximum Gasteiger partial charge on any atom is 0.244 e. The summed E-state index contributed by atoms with van der Waals surface area (Å²) in [6.07, 6.45) is 3.41. The van der Waals surface area contributed by atoms with Crippen molar-refractivity contribution in [3.05, 3.63) is 41.7 Å². The molecule has 1 aromatic carbocycles. The topological polar surface area (TPSA) is 58.2 Å². The summed E-state index contributed by atoms with van der Waals surface area (Å²) in [6, 6.07) is 6.13. The molecule has 0 aliphatic rings. The van der Waals surface area contributed by atoms with Gasteiger partial charge in [-0.1, -0.05) is 25.1 Å². The van der Waals surface area contributed by atoms with E-state index in [0.717, 1.165) is 6.42 Å². The predicted octanol–water partition coefficient (Wildman–Crippen LogP) is 1.48. The second kappa shape index (κ2) is 8.02. The second-order valence-electron chi connectivity index (χ2n) is 3.92. The van der Waals surface area contributed by atoms with Crippen molar-refractivity contribution in [2.75, 3.05) is 13.1 Å². The van der Waals surface area contributed by atoms with Gasteiger partial charge < -0.3 is 10.6 Å². The minimum Gasteiger partial charge on any atom is -0.355 e. The number of halogens is 1. The molecule has 0 radical (unpaired) electrons. The van der Waals surface area contributed by atoms with E-state index < -0.39 is 11.7 Å². The Morgan fingerprint density at radius 1 is 1.26 bits per heavy atom. The summed E-state index contributed by atoms with van der Waals surface area (Å²) in [5.74, 6) is -1.07. The molecule has 0 aliphatic carbocycles. The molecule has 0 fully saturated rings. The van der Waals surface area contributed by atoms with Gasteiger partial charge in [0, 0.05) is 18.2 Å². The monoisotopic (exact) mass is 264 g/mol. The molecule has 0 saturated heterocycles. The standard InChI is InChI=1S/C14H17FN2O2/c1-2-9-16-14(19)10-17-13(18)8-7-11-5-3-4-6-12(11)15/h3-8H,2,9-10H2,1H3,(H,16,19)(H,17,18)/b8-7+. The number of carbonyl (C=O) groups excluding carboxylic acids is 2. The van der Waals surface area contributed by atoms with E-state index in [0.29, 0.717) is 12.1 Å². The van der Waals surface area contributed by atoms with E-state index >= 15 is 0 Å². The van der Waals surface area contributed by atoms with Gasteiger partial charge in [-0.15, -0.1) is 0 Å². The highest BCUT2D eigenvalue weighted by molar-refractivity contribution is 5.94. The van der Waals surface area contributed by atoms with Gasteiger partial charge in [0.05, 0.1) is 6.54 Å². The second-order valence-corrected chi connectivity index (χ2v) is 3.92. The lowest BCUT2D eigenvalue weighted by Gasteiger charge is -2.03. The lowest BCUT2D eigenvalue weighted by atomic mass is 10.2. The highest BCUT2D eigenvalue weighted by atomic mass is 19.1. The van der Waals surface area contributed by atoms with Gasteiger partial charge in [-0.2, -0.15) is 0 Å². The van der Waals surface area contributed by atoms with E-state index in [4.69, 9.17) is 0 Å². The van der Waals surface area contributed by atoms with Crippen molar-refractivity contribution in [2.24, 2.45) is 0 Å².